The predicted octanol–water partition coefficient (Wildman–Crippen LogP) is 3.42. The van der Waals surface area contributed by atoms with Crippen molar-refractivity contribution in [3.8, 4) is 0 Å². The van der Waals surface area contributed by atoms with E-state index in [9.17, 15) is 0 Å². The molecule has 0 fully saturated rings. The van der Waals surface area contributed by atoms with Crippen LogP contribution in [-0.2, 0) is 0 Å². The van der Waals surface area contributed by atoms with Gasteiger partial charge in [0.15, 0.2) is 0 Å². The van der Waals surface area contributed by atoms with Crippen molar-refractivity contribution in [2.75, 3.05) is 0 Å². The molecule has 15 heavy (non-hydrogen) atoms. The van der Waals surface area contributed by atoms with Gasteiger partial charge in [0.25, 0.3) is 0 Å². The number of nitrogens with two attached hydrogens (primary N) is 1. The third kappa shape index (κ3) is 1.79. The number of hydrogen-bond acceptors (Lipinski definition) is 1. The smallest absolute Gasteiger partial charge is 0.0511 e. The Morgan fingerprint density at radius 3 is 2.53 bits per heavy atom. The normalized spacial score (nSPS) is 12.7. The monoisotopic (exact) mass is 197 g/mol. The van der Waals surface area contributed by atoms with Crippen LogP contribution in [0, 0.1) is 0 Å². The van der Waals surface area contributed by atoms with Crippen LogP contribution in [0.25, 0.3) is 10.8 Å². The summed E-state index contributed by atoms with van der Waals surface area (Å²) in [6.07, 6.45) is 0. The first-order chi connectivity index (χ1) is 7.20. The highest BCUT2D eigenvalue weighted by atomic mass is 14.6. The number of hydrogen-bond donors (Lipinski definition) is 1. The first kappa shape index (κ1) is 9.94. The largest absolute Gasteiger partial charge is 0.321 e. The molecular formula is C14H15N. The molecule has 0 radical (unpaired) electrons. The second kappa shape index (κ2) is 3.87. The van der Waals surface area contributed by atoms with E-state index in [1.165, 1.54) is 10.8 Å². The molecule has 0 aliphatic carbocycles. The minimum Gasteiger partial charge on any atom is -0.321 e. The highest BCUT2D eigenvalue weighted by Crippen LogP contribution is 2.25. The maximum Gasteiger partial charge on any atom is 0.0511 e. The van der Waals surface area contributed by atoms with Gasteiger partial charge in [0.1, 0.15) is 0 Å². The lowest BCUT2D eigenvalue weighted by Gasteiger charge is -2.14. The zero-order chi connectivity index (χ0) is 10.8. The van der Waals surface area contributed by atoms with Crippen LogP contribution in [0.15, 0.2) is 54.6 Å². The van der Waals surface area contributed by atoms with E-state index in [0.717, 1.165) is 11.1 Å². The molecule has 2 aromatic carbocycles. The molecule has 2 rings (SSSR count). The van der Waals surface area contributed by atoms with Gasteiger partial charge in [0, 0.05) is 0 Å². The van der Waals surface area contributed by atoms with Gasteiger partial charge in [-0.1, -0.05) is 54.6 Å². The Bertz CT molecular complexity index is 494. The van der Waals surface area contributed by atoms with Gasteiger partial charge in [-0.2, -0.15) is 0 Å². The van der Waals surface area contributed by atoms with Crippen LogP contribution in [-0.4, -0.2) is 0 Å². The second-order valence-corrected chi connectivity index (χ2v) is 3.89. The fraction of sp³-hybridized carbons (Fsp3) is 0.143. The van der Waals surface area contributed by atoms with E-state index in [-0.39, 0.29) is 6.04 Å². The second-order valence-electron chi connectivity index (χ2n) is 3.89. The van der Waals surface area contributed by atoms with E-state index < -0.39 is 0 Å². The quantitative estimate of drug-likeness (QED) is 0.733. The Balaban J connectivity index is 2.65. The van der Waals surface area contributed by atoms with Crippen molar-refractivity contribution < 1.29 is 0 Å². The van der Waals surface area contributed by atoms with Gasteiger partial charge in [0.05, 0.1) is 6.04 Å². The molecule has 1 unspecified atom stereocenters. The summed E-state index contributed by atoms with van der Waals surface area (Å²) in [4.78, 5) is 0. The van der Waals surface area contributed by atoms with Crippen LogP contribution in [0.1, 0.15) is 18.5 Å². The lowest BCUT2D eigenvalue weighted by molar-refractivity contribution is 0.859. The summed E-state index contributed by atoms with van der Waals surface area (Å²) in [7, 11) is 0. The predicted molar refractivity (Wildman–Crippen MR) is 65.7 cm³/mol. The third-order valence-corrected chi connectivity index (χ3v) is 2.69. The Labute approximate surface area is 90.2 Å². The molecule has 1 atom stereocenters. The highest BCUT2D eigenvalue weighted by Gasteiger charge is 2.09. The Morgan fingerprint density at radius 1 is 1.13 bits per heavy atom. The maximum atomic E-state index is 6.10. The number of fused-ring (bicyclic) bond motifs is 1. The standard InChI is InChI=1S/C14H15N/c1-10(2)14(15)13-9-5-7-11-6-3-4-8-12(11)13/h3-9,14H,1,15H2,2H3. The summed E-state index contributed by atoms with van der Waals surface area (Å²) in [5.74, 6) is 0. The molecule has 76 valence electrons. The molecule has 0 saturated heterocycles. The molecule has 0 amide bonds. The molecule has 0 saturated carbocycles. The summed E-state index contributed by atoms with van der Waals surface area (Å²) >= 11 is 0. The van der Waals surface area contributed by atoms with Crippen molar-refractivity contribution in [1.82, 2.24) is 0 Å². The topological polar surface area (TPSA) is 26.0 Å². The summed E-state index contributed by atoms with van der Waals surface area (Å²) < 4.78 is 0. The Hall–Kier alpha value is -1.60. The van der Waals surface area contributed by atoms with Gasteiger partial charge in [-0.25, -0.2) is 0 Å². The summed E-state index contributed by atoms with van der Waals surface area (Å²) in [5.41, 5.74) is 8.25. The van der Waals surface area contributed by atoms with Crippen molar-refractivity contribution in [3.63, 3.8) is 0 Å². The molecule has 0 bridgehead atoms. The lowest BCUT2D eigenvalue weighted by Crippen LogP contribution is -2.11. The summed E-state index contributed by atoms with van der Waals surface area (Å²) in [6.45, 7) is 5.88. The van der Waals surface area contributed by atoms with E-state index in [0.29, 0.717) is 0 Å². The molecule has 0 aromatic heterocycles. The fourth-order valence-corrected chi connectivity index (χ4v) is 1.79. The maximum absolute atomic E-state index is 6.10. The van der Waals surface area contributed by atoms with E-state index in [4.69, 9.17) is 5.73 Å². The number of rotatable bonds is 2. The van der Waals surface area contributed by atoms with Gasteiger partial charge < -0.3 is 5.73 Å². The SMILES string of the molecule is C=C(C)C(N)c1cccc2ccccc12. The molecule has 1 nitrogen and oxygen atoms in total. The average molecular weight is 197 g/mol. The number of benzene rings is 2. The minimum absolute atomic E-state index is 0.0731. The van der Waals surface area contributed by atoms with Crippen molar-refractivity contribution in [2.45, 2.75) is 13.0 Å². The van der Waals surface area contributed by atoms with E-state index >= 15 is 0 Å². The highest BCUT2D eigenvalue weighted by molar-refractivity contribution is 5.86. The average Bonchev–Trinajstić information content (AvgIpc) is 2.27. The molecule has 2 aromatic rings. The fourth-order valence-electron chi connectivity index (χ4n) is 1.79. The van der Waals surface area contributed by atoms with Crippen LogP contribution in [0.3, 0.4) is 0 Å². The zero-order valence-corrected chi connectivity index (χ0v) is 8.90. The zero-order valence-electron chi connectivity index (χ0n) is 8.90. The third-order valence-electron chi connectivity index (χ3n) is 2.69. The summed E-state index contributed by atoms with van der Waals surface area (Å²) in [6, 6.07) is 14.4. The van der Waals surface area contributed by atoms with Gasteiger partial charge >= 0.3 is 0 Å². The summed E-state index contributed by atoms with van der Waals surface area (Å²) in [5, 5.41) is 2.45. The van der Waals surface area contributed by atoms with Crippen LogP contribution >= 0.6 is 0 Å². The van der Waals surface area contributed by atoms with E-state index in [1.54, 1.807) is 0 Å². The minimum atomic E-state index is -0.0731. The van der Waals surface area contributed by atoms with Crippen LogP contribution in [0.5, 0.6) is 0 Å². The van der Waals surface area contributed by atoms with E-state index in [1.807, 2.05) is 25.1 Å². The molecular weight excluding hydrogens is 182 g/mol. The van der Waals surface area contributed by atoms with Gasteiger partial charge in [-0.15, -0.1) is 0 Å². The van der Waals surface area contributed by atoms with Crippen LogP contribution in [0.4, 0.5) is 0 Å². The van der Waals surface area contributed by atoms with Gasteiger partial charge in [-0.05, 0) is 23.3 Å². The first-order valence-electron chi connectivity index (χ1n) is 5.09. The van der Waals surface area contributed by atoms with Crippen LogP contribution < -0.4 is 5.73 Å². The lowest BCUT2D eigenvalue weighted by atomic mass is 9.96. The van der Waals surface area contributed by atoms with Crippen LogP contribution in [0.2, 0.25) is 0 Å². The molecule has 0 heterocycles. The molecule has 0 aliphatic heterocycles. The molecule has 0 spiro atoms. The molecule has 0 aliphatic rings. The van der Waals surface area contributed by atoms with E-state index in [2.05, 4.69) is 30.8 Å². The van der Waals surface area contributed by atoms with Gasteiger partial charge in [0.2, 0.25) is 0 Å². The van der Waals surface area contributed by atoms with Crippen molar-refractivity contribution >= 4 is 10.8 Å². The van der Waals surface area contributed by atoms with Crippen molar-refractivity contribution in [1.29, 1.82) is 0 Å². The first-order valence-corrected chi connectivity index (χ1v) is 5.09. The van der Waals surface area contributed by atoms with Crippen molar-refractivity contribution in [3.05, 3.63) is 60.2 Å². The van der Waals surface area contributed by atoms with Gasteiger partial charge in [-0.3, -0.25) is 0 Å². The Kier molecular flexibility index (Phi) is 2.57. The molecule has 1 heteroatoms. The van der Waals surface area contributed by atoms with Crippen molar-refractivity contribution in [2.24, 2.45) is 5.73 Å². The Morgan fingerprint density at radius 2 is 1.80 bits per heavy atom. The molecule has 2 N–H and O–H groups in total.